The molecule has 0 aliphatic carbocycles. The van der Waals surface area contributed by atoms with Crippen LogP contribution in [0.25, 0.3) is 0 Å². The first-order valence-corrected chi connectivity index (χ1v) is 6.57. The Labute approximate surface area is 116 Å². The van der Waals surface area contributed by atoms with Gasteiger partial charge in [-0.1, -0.05) is 22.0 Å². The average Bonchev–Trinajstić information content (AvgIpc) is 2.75. The van der Waals surface area contributed by atoms with E-state index >= 15 is 0 Å². The maximum absolute atomic E-state index is 5.78. The normalized spacial score (nSPS) is 10.7. The van der Waals surface area contributed by atoms with E-state index in [4.69, 9.17) is 5.73 Å². The van der Waals surface area contributed by atoms with Gasteiger partial charge in [-0.05, 0) is 17.7 Å². The van der Waals surface area contributed by atoms with Crippen molar-refractivity contribution in [1.82, 2.24) is 9.55 Å². The molecule has 96 valence electrons. The van der Waals surface area contributed by atoms with Crippen LogP contribution in [0.1, 0.15) is 11.4 Å². The first-order chi connectivity index (χ1) is 8.61. The van der Waals surface area contributed by atoms with Crippen LogP contribution in [0, 0.1) is 0 Å². The molecule has 0 unspecified atom stereocenters. The Bertz CT molecular complexity index is 536. The number of anilines is 1. The Morgan fingerprint density at radius 3 is 2.83 bits per heavy atom. The van der Waals surface area contributed by atoms with Crippen LogP contribution in [-0.2, 0) is 20.1 Å². The molecule has 2 N–H and O–H groups in total. The van der Waals surface area contributed by atoms with Gasteiger partial charge in [0.15, 0.2) is 0 Å². The second kappa shape index (κ2) is 5.54. The van der Waals surface area contributed by atoms with E-state index in [1.54, 1.807) is 0 Å². The predicted molar refractivity (Wildman–Crippen MR) is 77.3 cm³/mol. The van der Waals surface area contributed by atoms with Crippen molar-refractivity contribution in [1.29, 1.82) is 0 Å². The van der Waals surface area contributed by atoms with Gasteiger partial charge in [0.25, 0.3) is 0 Å². The molecular formula is C13H17BrN4. The van der Waals surface area contributed by atoms with Crippen LogP contribution in [-0.4, -0.2) is 16.6 Å². The molecule has 0 fully saturated rings. The predicted octanol–water partition coefficient (Wildman–Crippen LogP) is 2.28. The van der Waals surface area contributed by atoms with Crippen LogP contribution in [0.4, 0.5) is 5.69 Å². The van der Waals surface area contributed by atoms with Gasteiger partial charge in [-0.2, -0.15) is 0 Å². The quantitative estimate of drug-likeness (QED) is 0.942. The van der Waals surface area contributed by atoms with Gasteiger partial charge in [0.2, 0.25) is 0 Å². The minimum absolute atomic E-state index is 0.535. The van der Waals surface area contributed by atoms with Crippen LogP contribution >= 0.6 is 15.9 Å². The van der Waals surface area contributed by atoms with Crippen molar-refractivity contribution in [2.24, 2.45) is 12.8 Å². The lowest BCUT2D eigenvalue weighted by atomic mass is 10.1. The Kier molecular flexibility index (Phi) is 4.04. The highest BCUT2D eigenvalue weighted by Crippen LogP contribution is 2.25. The fraction of sp³-hybridized carbons (Fsp3) is 0.308. The van der Waals surface area contributed by atoms with Crippen molar-refractivity contribution < 1.29 is 0 Å². The Morgan fingerprint density at radius 2 is 2.22 bits per heavy atom. The molecule has 0 saturated heterocycles. The number of benzene rings is 1. The molecule has 5 heteroatoms. The van der Waals surface area contributed by atoms with Gasteiger partial charge in [-0.3, -0.25) is 0 Å². The highest BCUT2D eigenvalue weighted by Gasteiger charge is 2.10. The third-order valence-corrected chi connectivity index (χ3v) is 3.47. The van der Waals surface area contributed by atoms with Crippen molar-refractivity contribution in [3.63, 3.8) is 0 Å². The van der Waals surface area contributed by atoms with Gasteiger partial charge in [-0.25, -0.2) is 4.98 Å². The lowest BCUT2D eigenvalue weighted by Crippen LogP contribution is -2.21. The van der Waals surface area contributed by atoms with E-state index in [2.05, 4.69) is 38.9 Å². The summed E-state index contributed by atoms with van der Waals surface area (Å²) in [5.74, 6) is 1.03. The Balaban J connectivity index is 2.25. The molecule has 0 aliphatic heterocycles. The van der Waals surface area contributed by atoms with Crippen molar-refractivity contribution in [3.05, 3.63) is 46.5 Å². The fourth-order valence-corrected chi connectivity index (χ4v) is 2.26. The van der Waals surface area contributed by atoms with E-state index in [1.165, 1.54) is 0 Å². The van der Waals surface area contributed by atoms with E-state index in [0.29, 0.717) is 6.54 Å². The summed E-state index contributed by atoms with van der Waals surface area (Å²) in [6, 6.07) is 6.15. The summed E-state index contributed by atoms with van der Waals surface area (Å²) in [6.07, 6.45) is 3.77. The average molecular weight is 309 g/mol. The van der Waals surface area contributed by atoms with Crippen molar-refractivity contribution in [2.45, 2.75) is 13.1 Å². The number of nitrogens with two attached hydrogens (primary N) is 1. The first kappa shape index (κ1) is 13.1. The SMILES string of the molecule is CN(Cc1nccn1C)c1cc(Br)ccc1CN. The number of hydrogen-bond acceptors (Lipinski definition) is 3. The summed E-state index contributed by atoms with van der Waals surface area (Å²) < 4.78 is 3.08. The summed E-state index contributed by atoms with van der Waals surface area (Å²) in [5.41, 5.74) is 8.05. The first-order valence-electron chi connectivity index (χ1n) is 5.77. The molecule has 1 heterocycles. The zero-order valence-corrected chi connectivity index (χ0v) is 12.2. The zero-order chi connectivity index (χ0) is 13.1. The van der Waals surface area contributed by atoms with Gasteiger partial charge in [0.05, 0.1) is 6.54 Å². The highest BCUT2D eigenvalue weighted by molar-refractivity contribution is 9.10. The number of hydrogen-bond donors (Lipinski definition) is 1. The van der Waals surface area contributed by atoms with Gasteiger partial charge in [0, 0.05) is 43.2 Å². The molecule has 2 rings (SSSR count). The summed E-state index contributed by atoms with van der Waals surface area (Å²) >= 11 is 3.50. The van der Waals surface area contributed by atoms with Crippen LogP contribution in [0.3, 0.4) is 0 Å². The number of aryl methyl sites for hydroxylation is 1. The minimum Gasteiger partial charge on any atom is -0.367 e. The Hall–Kier alpha value is -1.33. The van der Waals surface area contributed by atoms with Crippen molar-refractivity contribution >= 4 is 21.6 Å². The van der Waals surface area contributed by atoms with Crippen LogP contribution in [0.5, 0.6) is 0 Å². The molecule has 18 heavy (non-hydrogen) atoms. The molecule has 2 aromatic rings. The lowest BCUT2D eigenvalue weighted by Gasteiger charge is -2.22. The molecular weight excluding hydrogens is 292 g/mol. The van der Waals surface area contributed by atoms with E-state index in [9.17, 15) is 0 Å². The molecule has 0 bridgehead atoms. The van der Waals surface area contributed by atoms with Gasteiger partial charge >= 0.3 is 0 Å². The van der Waals surface area contributed by atoms with E-state index in [1.807, 2.05) is 36.1 Å². The summed E-state index contributed by atoms with van der Waals surface area (Å²) in [4.78, 5) is 6.50. The smallest absolute Gasteiger partial charge is 0.127 e. The number of nitrogens with zero attached hydrogens (tertiary/aromatic N) is 3. The monoisotopic (exact) mass is 308 g/mol. The van der Waals surface area contributed by atoms with Crippen LogP contribution in [0.2, 0.25) is 0 Å². The Morgan fingerprint density at radius 1 is 1.44 bits per heavy atom. The van der Waals surface area contributed by atoms with Crippen LogP contribution < -0.4 is 10.6 Å². The third kappa shape index (κ3) is 2.73. The molecule has 1 aromatic carbocycles. The molecule has 0 aliphatic rings. The van der Waals surface area contributed by atoms with E-state index in [-0.39, 0.29) is 0 Å². The van der Waals surface area contributed by atoms with E-state index in [0.717, 1.165) is 28.1 Å². The minimum atomic E-state index is 0.535. The molecule has 0 amide bonds. The standard InChI is InChI=1S/C13H17BrN4/c1-17-6-5-16-13(17)9-18(2)12-7-11(14)4-3-10(12)8-15/h3-7H,8-9,15H2,1-2H3. The molecule has 1 aromatic heterocycles. The molecule has 0 spiro atoms. The molecule has 0 saturated carbocycles. The lowest BCUT2D eigenvalue weighted by molar-refractivity contribution is 0.758. The van der Waals surface area contributed by atoms with Crippen LogP contribution in [0.15, 0.2) is 35.1 Å². The van der Waals surface area contributed by atoms with Crippen molar-refractivity contribution in [3.8, 4) is 0 Å². The summed E-state index contributed by atoms with van der Waals surface area (Å²) in [5, 5.41) is 0. The third-order valence-electron chi connectivity index (χ3n) is 2.98. The second-order valence-electron chi connectivity index (χ2n) is 4.29. The van der Waals surface area contributed by atoms with Gasteiger partial charge in [-0.15, -0.1) is 0 Å². The van der Waals surface area contributed by atoms with Crippen molar-refractivity contribution in [2.75, 3.05) is 11.9 Å². The number of aromatic nitrogens is 2. The molecule has 0 atom stereocenters. The zero-order valence-electron chi connectivity index (χ0n) is 10.6. The highest BCUT2D eigenvalue weighted by atomic mass is 79.9. The second-order valence-corrected chi connectivity index (χ2v) is 5.20. The largest absolute Gasteiger partial charge is 0.367 e. The maximum atomic E-state index is 5.78. The fourth-order valence-electron chi connectivity index (χ4n) is 1.91. The number of halogens is 1. The number of rotatable bonds is 4. The molecule has 4 nitrogen and oxygen atoms in total. The maximum Gasteiger partial charge on any atom is 0.127 e. The topological polar surface area (TPSA) is 47.1 Å². The molecule has 0 radical (unpaired) electrons. The summed E-state index contributed by atoms with van der Waals surface area (Å²) in [7, 11) is 4.05. The number of imidazole rings is 1. The van der Waals surface area contributed by atoms with Gasteiger partial charge in [0.1, 0.15) is 5.82 Å². The van der Waals surface area contributed by atoms with Gasteiger partial charge < -0.3 is 15.2 Å². The summed E-state index contributed by atoms with van der Waals surface area (Å²) in [6.45, 7) is 1.29. The van der Waals surface area contributed by atoms with E-state index < -0.39 is 0 Å².